The second-order valence-electron chi connectivity index (χ2n) is 7.77. The van der Waals surface area contributed by atoms with Gasteiger partial charge < -0.3 is 19.0 Å². The zero-order valence-electron chi connectivity index (χ0n) is 19.3. The second kappa shape index (κ2) is 12.7. The third kappa shape index (κ3) is 7.40. The number of benzene rings is 2. The molecule has 0 aliphatic heterocycles. The lowest BCUT2D eigenvalue weighted by atomic mass is 10.1. The molecule has 35 heavy (non-hydrogen) atoms. The summed E-state index contributed by atoms with van der Waals surface area (Å²) < 4.78 is 10.5. The lowest BCUT2D eigenvalue weighted by Crippen LogP contribution is -2.44. The number of carbonyl (C=O) groups excluding carboxylic acids is 2. The molecular formula is C25H26ClN3O6. The van der Waals surface area contributed by atoms with E-state index in [4.69, 9.17) is 20.8 Å². The first-order chi connectivity index (χ1) is 16.9. The minimum absolute atomic E-state index is 0.0596. The molecule has 0 aliphatic rings. The van der Waals surface area contributed by atoms with Gasteiger partial charge in [0.1, 0.15) is 12.3 Å². The van der Waals surface area contributed by atoms with Gasteiger partial charge >= 0.3 is 0 Å². The zero-order chi connectivity index (χ0) is 25.2. The van der Waals surface area contributed by atoms with Crippen LogP contribution in [0.2, 0.25) is 5.02 Å². The van der Waals surface area contributed by atoms with Gasteiger partial charge in [0.2, 0.25) is 5.91 Å². The number of amides is 2. The minimum atomic E-state index is -0.592. The Labute approximate surface area is 208 Å². The lowest BCUT2D eigenvalue weighted by molar-refractivity contribution is -0.384. The Kier molecular flexibility index (Phi) is 9.39. The first-order valence-corrected chi connectivity index (χ1v) is 11.3. The standard InChI is InChI=1S/C25H26ClN3O6/c1-34-15-13-28(25(31)22-10-9-20(29(32)33)16-23(22)26)18-24(30)27(17-21-8-5-14-35-21)12-11-19-6-3-2-4-7-19/h2-10,14,16H,11-13,15,17-18H2,1H3. The number of nitro groups is 1. The Bertz CT molecular complexity index is 1140. The average Bonchev–Trinajstić information content (AvgIpc) is 3.37. The maximum absolute atomic E-state index is 13.4. The molecule has 0 saturated heterocycles. The molecule has 2 aromatic carbocycles. The van der Waals surface area contributed by atoms with Crippen molar-refractivity contribution in [2.75, 3.05) is 33.4 Å². The van der Waals surface area contributed by atoms with Gasteiger partial charge in [-0.1, -0.05) is 41.9 Å². The van der Waals surface area contributed by atoms with E-state index in [2.05, 4.69) is 0 Å². The van der Waals surface area contributed by atoms with E-state index < -0.39 is 10.8 Å². The van der Waals surface area contributed by atoms with Gasteiger partial charge in [0.25, 0.3) is 11.6 Å². The molecule has 9 nitrogen and oxygen atoms in total. The van der Waals surface area contributed by atoms with Crippen molar-refractivity contribution in [3.8, 4) is 0 Å². The van der Waals surface area contributed by atoms with Crippen LogP contribution in [0.15, 0.2) is 71.3 Å². The molecule has 0 radical (unpaired) electrons. The summed E-state index contributed by atoms with van der Waals surface area (Å²) in [4.78, 5) is 40.0. The Balaban J connectivity index is 1.78. The number of hydrogen-bond acceptors (Lipinski definition) is 6. The van der Waals surface area contributed by atoms with Crippen molar-refractivity contribution in [1.29, 1.82) is 0 Å². The number of nitrogens with zero attached hydrogens (tertiary/aromatic N) is 3. The summed E-state index contributed by atoms with van der Waals surface area (Å²) in [5.41, 5.74) is 0.925. The number of carbonyl (C=O) groups is 2. The molecule has 10 heteroatoms. The summed E-state index contributed by atoms with van der Waals surface area (Å²) in [7, 11) is 1.49. The highest BCUT2D eigenvalue weighted by Crippen LogP contribution is 2.24. The van der Waals surface area contributed by atoms with Gasteiger partial charge in [-0.25, -0.2) is 0 Å². The third-order valence-electron chi connectivity index (χ3n) is 5.37. The summed E-state index contributed by atoms with van der Waals surface area (Å²) in [6, 6.07) is 16.9. The molecule has 0 spiro atoms. The van der Waals surface area contributed by atoms with E-state index in [1.807, 2.05) is 30.3 Å². The molecule has 1 heterocycles. The highest BCUT2D eigenvalue weighted by molar-refractivity contribution is 6.34. The molecule has 0 bridgehead atoms. The van der Waals surface area contributed by atoms with E-state index in [0.29, 0.717) is 18.7 Å². The van der Waals surface area contributed by atoms with Gasteiger partial charge in [-0.2, -0.15) is 0 Å². The van der Waals surface area contributed by atoms with Crippen LogP contribution in [0.3, 0.4) is 0 Å². The van der Waals surface area contributed by atoms with Crippen molar-refractivity contribution in [2.45, 2.75) is 13.0 Å². The van der Waals surface area contributed by atoms with Gasteiger partial charge in [0.05, 0.1) is 34.9 Å². The molecular weight excluding hydrogens is 474 g/mol. The van der Waals surface area contributed by atoms with Gasteiger partial charge in [-0.3, -0.25) is 19.7 Å². The average molecular weight is 500 g/mol. The first kappa shape index (κ1) is 25.9. The van der Waals surface area contributed by atoms with Crippen molar-refractivity contribution in [3.63, 3.8) is 0 Å². The van der Waals surface area contributed by atoms with Crippen LogP contribution in [0.1, 0.15) is 21.7 Å². The van der Waals surface area contributed by atoms with Crippen molar-refractivity contribution >= 4 is 29.1 Å². The maximum atomic E-state index is 13.4. The fourth-order valence-electron chi connectivity index (χ4n) is 3.47. The number of furan rings is 1. The fraction of sp³-hybridized carbons (Fsp3) is 0.280. The normalized spacial score (nSPS) is 10.7. The molecule has 3 aromatic rings. The Morgan fingerprint density at radius 2 is 1.83 bits per heavy atom. The molecule has 184 valence electrons. The van der Waals surface area contributed by atoms with Crippen LogP contribution in [0.5, 0.6) is 0 Å². The third-order valence-corrected chi connectivity index (χ3v) is 5.68. The largest absolute Gasteiger partial charge is 0.467 e. The van der Waals surface area contributed by atoms with E-state index in [1.54, 1.807) is 23.3 Å². The monoisotopic (exact) mass is 499 g/mol. The molecule has 0 fully saturated rings. The van der Waals surface area contributed by atoms with Crippen LogP contribution in [0.4, 0.5) is 5.69 Å². The van der Waals surface area contributed by atoms with Crippen molar-refractivity contribution in [3.05, 3.63) is 99.0 Å². The number of ether oxygens (including phenoxy) is 1. The van der Waals surface area contributed by atoms with Crippen LogP contribution in [0, 0.1) is 10.1 Å². The van der Waals surface area contributed by atoms with Gasteiger partial charge in [0, 0.05) is 32.3 Å². The number of non-ortho nitro benzene ring substituents is 1. The van der Waals surface area contributed by atoms with E-state index in [-0.39, 0.29) is 48.4 Å². The second-order valence-corrected chi connectivity index (χ2v) is 8.18. The van der Waals surface area contributed by atoms with E-state index >= 15 is 0 Å². The van der Waals surface area contributed by atoms with Crippen LogP contribution in [0.25, 0.3) is 0 Å². The number of methoxy groups -OCH3 is 1. The van der Waals surface area contributed by atoms with Crippen molar-refractivity contribution < 1.29 is 23.7 Å². The topological polar surface area (TPSA) is 106 Å². The first-order valence-electron chi connectivity index (χ1n) is 10.9. The highest BCUT2D eigenvalue weighted by Gasteiger charge is 2.25. The van der Waals surface area contributed by atoms with Crippen LogP contribution < -0.4 is 0 Å². The molecule has 2 amide bonds. The van der Waals surface area contributed by atoms with Gasteiger partial charge in [0.15, 0.2) is 0 Å². The molecule has 1 aromatic heterocycles. The molecule has 0 saturated carbocycles. The fourth-order valence-corrected chi connectivity index (χ4v) is 3.73. The van der Waals surface area contributed by atoms with Gasteiger partial charge in [-0.15, -0.1) is 0 Å². The summed E-state index contributed by atoms with van der Waals surface area (Å²) >= 11 is 6.17. The molecule has 0 atom stereocenters. The Hall–Kier alpha value is -3.69. The van der Waals surface area contributed by atoms with E-state index in [9.17, 15) is 19.7 Å². The predicted octanol–water partition coefficient (Wildman–Crippen LogP) is 4.20. The number of nitro benzene ring substituents is 1. The molecule has 0 unspecified atom stereocenters. The van der Waals surface area contributed by atoms with Crippen LogP contribution in [-0.2, 0) is 22.5 Å². The number of rotatable bonds is 12. The van der Waals surface area contributed by atoms with E-state index in [1.165, 1.54) is 24.1 Å². The molecule has 3 rings (SSSR count). The highest BCUT2D eigenvalue weighted by atomic mass is 35.5. The summed E-state index contributed by atoms with van der Waals surface area (Å²) in [6.45, 7) is 0.801. The number of halogens is 1. The van der Waals surface area contributed by atoms with E-state index in [0.717, 1.165) is 11.6 Å². The summed E-state index contributed by atoms with van der Waals surface area (Å²) in [5, 5.41) is 10.9. The SMILES string of the molecule is COCCN(CC(=O)N(CCc1ccccc1)Cc1ccco1)C(=O)c1ccc([N+](=O)[O-])cc1Cl. The predicted molar refractivity (Wildman–Crippen MR) is 130 cm³/mol. The zero-order valence-corrected chi connectivity index (χ0v) is 20.0. The Morgan fingerprint density at radius 3 is 2.46 bits per heavy atom. The maximum Gasteiger partial charge on any atom is 0.270 e. The Morgan fingerprint density at radius 1 is 1.06 bits per heavy atom. The van der Waals surface area contributed by atoms with Crippen molar-refractivity contribution in [2.24, 2.45) is 0 Å². The smallest absolute Gasteiger partial charge is 0.270 e. The minimum Gasteiger partial charge on any atom is -0.467 e. The van der Waals surface area contributed by atoms with Crippen LogP contribution in [-0.4, -0.2) is 59.9 Å². The van der Waals surface area contributed by atoms with Gasteiger partial charge in [-0.05, 0) is 30.2 Å². The van der Waals surface area contributed by atoms with Crippen LogP contribution >= 0.6 is 11.6 Å². The lowest BCUT2D eigenvalue weighted by Gasteiger charge is -2.27. The molecule has 0 aliphatic carbocycles. The quantitative estimate of drug-likeness (QED) is 0.273. The molecule has 0 N–H and O–H groups in total. The summed E-state index contributed by atoms with van der Waals surface area (Å²) in [6.07, 6.45) is 2.17. The number of hydrogen-bond donors (Lipinski definition) is 0. The van der Waals surface area contributed by atoms with Crippen molar-refractivity contribution in [1.82, 2.24) is 9.80 Å². The summed E-state index contributed by atoms with van der Waals surface area (Å²) in [5.74, 6) is -0.171.